The van der Waals surface area contributed by atoms with Gasteiger partial charge in [0.1, 0.15) is 23.6 Å². The molecule has 0 amide bonds. The zero-order valence-corrected chi connectivity index (χ0v) is 11.4. The maximum atomic E-state index is 12.1. The van der Waals surface area contributed by atoms with Crippen LogP contribution < -0.4 is 10.5 Å². The molecule has 1 aromatic heterocycles. The zero-order chi connectivity index (χ0) is 14.5. The average Bonchev–Trinajstić information content (AvgIpc) is 2.82. The first-order chi connectivity index (χ1) is 9.61. The van der Waals surface area contributed by atoms with Gasteiger partial charge in [-0.3, -0.25) is 4.68 Å². The Bertz CT molecular complexity index is 609. The molecule has 0 fully saturated rings. The smallest absolute Gasteiger partial charge is 0.344 e. The van der Waals surface area contributed by atoms with Crippen LogP contribution in [0.15, 0.2) is 24.4 Å². The van der Waals surface area contributed by atoms with Crippen LogP contribution >= 0.6 is 0 Å². The van der Waals surface area contributed by atoms with Crippen LogP contribution in [0.5, 0.6) is 5.75 Å². The molecule has 2 N–H and O–H groups in total. The van der Waals surface area contributed by atoms with Crippen molar-refractivity contribution < 1.29 is 14.3 Å². The zero-order valence-electron chi connectivity index (χ0n) is 11.4. The van der Waals surface area contributed by atoms with Crippen molar-refractivity contribution in [3.63, 3.8) is 0 Å². The van der Waals surface area contributed by atoms with Crippen molar-refractivity contribution >= 4 is 11.7 Å². The average molecular weight is 276 g/mol. The van der Waals surface area contributed by atoms with Crippen LogP contribution in [0.2, 0.25) is 0 Å². The number of hydrogen-bond donors (Lipinski definition) is 1. The number of anilines is 1. The standard InChI is InChI=1S/C13H16N4O3/c1-3-19-11-6-4-5-10(14)12(11)13(18)20-8-9-7-17(2)16-15-9/h4-7H,3,8,14H2,1-2H3. The number of nitrogens with zero attached hydrogens (tertiary/aromatic N) is 3. The predicted octanol–water partition coefficient (Wildman–Crippen LogP) is 1.15. The van der Waals surface area contributed by atoms with E-state index >= 15 is 0 Å². The summed E-state index contributed by atoms with van der Waals surface area (Å²) in [6, 6.07) is 5.03. The Kier molecular flexibility index (Phi) is 4.19. The molecule has 2 aromatic rings. The van der Waals surface area contributed by atoms with Gasteiger partial charge in [-0.05, 0) is 19.1 Å². The molecule has 0 saturated heterocycles. The van der Waals surface area contributed by atoms with Gasteiger partial charge in [-0.2, -0.15) is 0 Å². The Morgan fingerprint density at radius 3 is 2.90 bits per heavy atom. The maximum absolute atomic E-state index is 12.1. The number of aryl methyl sites for hydroxylation is 1. The topological polar surface area (TPSA) is 92.3 Å². The Morgan fingerprint density at radius 2 is 2.25 bits per heavy atom. The number of benzene rings is 1. The maximum Gasteiger partial charge on any atom is 0.344 e. The first-order valence-electron chi connectivity index (χ1n) is 6.15. The molecular weight excluding hydrogens is 260 g/mol. The second-order valence-corrected chi connectivity index (χ2v) is 4.11. The second kappa shape index (κ2) is 6.05. The summed E-state index contributed by atoms with van der Waals surface area (Å²) in [5, 5.41) is 7.59. The summed E-state index contributed by atoms with van der Waals surface area (Å²) >= 11 is 0. The number of ether oxygens (including phenoxy) is 2. The van der Waals surface area contributed by atoms with Gasteiger partial charge in [0.05, 0.1) is 12.8 Å². The van der Waals surface area contributed by atoms with E-state index in [2.05, 4.69) is 10.3 Å². The summed E-state index contributed by atoms with van der Waals surface area (Å²) in [7, 11) is 1.74. The molecule has 0 aliphatic carbocycles. The fourth-order valence-electron chi connectivity index (χ4n) is 1.72. The van der Waals surface area contributed by atoms with Gasteiger partial charge in [0.2, 0.25) is 0 Å². The van der Waals surface area contributed by atoms with Gasteiger partial charge < -0.3 is 15.2 Å². The molecule has 1 heterocycles. The molecular formula is C13H16N4O3. The summed E-state index contributed by atoms with van der Waals surface area (Å²) in [5.41, 5.74) is 6.93. The molecule has 0 unspecified atom stereocenters. The van der Waals surface area contributed by atoms with Crippen LogP contribution in [0.1, 0.15) is 23.0 Å². The van der Waals surface area contributed by atoms with Crippen LogP contribution in [0.25, 0.3) is 0 Å². The quantitative estimate of drug-likeness (QED) is 0.650. The first kappa shape index (κ1) is 13.9. The van der Waals surface area contributed by atoms with E-state index in [-0.39, 0.29) is 12.2 Å². The molecule has 2 rings (SSSR count). The number of hydrogen-bond acceptors (Lipinski definition) is 6. The van der Waals surface area contributed by atoms with E-state index in [4.69, 9.17) is 15.2 Å². The van der Waals surface area contributed by atoms with Crippen LogP contribution in [0.3, 0.4) is 0 Å². The molecule has 7 heteroatoms. The van der Waals surface area contributed by atoms with Gasteiger partial charge in [-0.15, -0.1) is 5.10 Å². The molecule has 7 nitrogen and oxygen atoms in total. The van der Waals surface area contributed by atoms with Crippen LogP contribution in [0.4, 0.5) is 5.69 Å². The van der Waals surface area contributed by atoms with Gasteiger partial charge in [-0.1, -0.05) is 11.3 Å². The van der Waals surface area contributed by atoms with E-state index in [9.17, 15) is 4.79 Å². The number of esters is 1. The van der Waals surface area contributed by atoms with Crippen LogP contribution in [-0.2, 0) is 18.4 Å². The monoisotopic (exact) mass is 276 g/mol. The van der Waals surface area contributed by atoms with Crippen LogP contribution in [-0.4, -0.2) is 27.6 Å². The normalized spacial score (nSPS) is 10.3. The third kappa shape index (κ3) is 3.05. The van der Waals surface area contributed by atoms with Crippen molar-refractivity contribution in [3.05, 3.63) is 35.7 Å². The van der Waals surface area contributed by atoms with Crippen molar-refractivity contribution in [3.8, 4) is 5.75 Å². The molecule has 0 spiro atoms. The summed E-state index contributed by atoms with van der Waals surface area (Å²) in [6.07, 6.45) is 1.67. The third-order valence-corrected chi connectivity index (χ3v) is 2.56. The lowest BCUT2D eigenvalue weighted by Gasteiger charge is -2.11. The molecule has 20 heavy (non-hydrogen) atoms. The van der Waals surface area contributed by atoms with E-state index < -0.39 is 5.97 Å². The molecule has 0 radical (unpaired) electrons. The minimum Gasteiger partial charge on any atom is -0.493 e. The fraction of sp³-hybridized carbons (Fsp3) is 0.308. The third-order valence-electron chi connectivity index (χ3n) is 2.56. The molecule has 0 aliphatic heterocycles. The Morgan fingerprint density at radius 1 is 1.45 bits per heavy atom. The molecule has 0 bridgehead atoms. The number of nitrogen functional groups attached to an aromatic ring is 1. The van der Waals surface area contributed by atoms with E-state index in [0.717, 1.165) is 0 Å². The fourth-order valence-corrected chi connectivity index (χ4v) is 1.72. The highest BCUT2D eigenvalue weighted by molar-refractivity contribution is 5.98. The highest BCUT2D eigenvalue weighted by Crippen LogP contribution is 2.25. The summed E-state index contributed by atoms with van der Waals surface area (Å²) < 4.78 is 12.1. The van der Waals surface area contributed by atoms with Crippen LogP contribution in [0, 0.1) is 0 Å². The lowest BCUT2D eigenvalue weighted by atomic mass is 10.1. The van der Waals surface area contributed by atoms with Gasteiger partial charge in [-0.25, -0.2) is 4.79 Å². The SMILES string of the molecule is CCOc1cccc(N)c1C(=O)OCc1cn(C)nn1. The van der Waals surface area contributed by atoms with E-state index in [0.29, 0.717) is 23.7 Å². The number of nitrogens with two attached hydrogens (primary N) is 1. The number of rotatable bonds is 5. The van der Waals surface area contributed by atoms with Crippen molar-refractivity contribution in [2.24, 2.45) is 7.05 Å². The predicted molar refractivity (Wildman–Crippen MR) is 72.1 cm³/mol. The highest BCUT2D eigenvalue weighted by atomic mass is 16.5. The van der Waals surface area contributed by atoms with Gasteiger partial charge in [0, 0.05) is 12.7 Å². The minimum absolute atomic E-state index is 0.0343. The Labute approximate surface area is 116 Å². The second-order valence-electron chi connectivity index (χ2n) is 4.11. The lowest BCUT2D eigenvalue weighted by Crippen LogP contribution is -2.11. The highest BCUT2D eigenvalue weighted by Gasteiger charge is 2.18. The van der Waals surface area contributed by atoms with Crippen molar-refractivity contribution in [1.82, 2.24) is 15.0 Å². The summed E-state index contributed by atoms with van der Waals surface area (Å²) in [5.74, 6) is -0.131. The van der Waals surface area contributed by atoms with Gasteiger partial charge >= 0.3 is 5.97 Å². The molecule has 0 aliphatic rings. The molecule has 0 atom stereocenters. The van der Waals surface area contributed by atoms with Crippen molar-refractivity contribution in [2.75, 3.05) is 12.3 Å². The summed E-state index contributed by atoms with van der Waals surface area (Å²) in [6.45, 7) is 2.30. The summed E-state index contributed by atoms with van der Waals surface area (Å²) in [4.78, 5) is 12.1. The number of carbonyl (C=O) groups excluding carboxylic acids is 1. The van der Waals surface area contributed by atoms with E-state index in [1.165, 1.54) is 4.68 Å². The Balaban J connectivity index is 2.12. The van der Waals surface area contributed by atoms with E-state index in [1.807, 2.05) is 6.92 Å². The van der Waals surface area contributed by atoms with Crippen molar-refractivity contribution in [1.29, 1.82) is 0 Å². The van der Waals surface area contributed by atoms with Gasteiger partial charge in [0.25, 0.3) is 0 Å². The van der Waals surface area contributed by atoms with Crippen molar-refractivity contribution in [2.45, 2.75) is 13.5 Å². The largest absolute Gasteiger partial charge is 0.493 e. The molecule has 0 saturated carbocycles. The van der Waals surface area contributed by atoms with E-state index in [1.54, 1.807) is 31.4 Å². The Hall–Kier alpha value is -2.57. The molecule has 1 aromatic carbocycles. The first-order valence-corrected chi connectivity index (χ1v) is 6.15. The number of carbonyl (C=O) groups is 1. The minimum atomic E-state index is -0.544. The lowest BCUT2D eigenvalue weighted by molar-refractivity contribution is 0.0464. The molecule has 106 valence electrons. The van der Waals surface area contributed by atoms with Gasteiger partial charge in [0.15, 0.2) is 0 Å². The number of aromatic nitrogens is 3.